The summed E-state index contributed by atoms with van der Waals surface area (Å²) < 4.78 is 12.9. The molecule has 1 saturated heterocycles. The molecule has 23 heavy (non-hydrogen) atoms. The zero-order valence-corrected chi connectivity index (χ0v) is 13.6. The van der Waals surface area contributed by atoms with Crippen LogP contribution >= 0.6 is 11.5 Å². The minimum Gasteiger partial charge on any atom is -0.506 e. The highest BCUT2D eigenvalue weighted by atomic mass is 32.1. The van der Waals surface area contributed by atoms with Crippen LogP contribution in [0.3, 0.4) is 0 Å². The van der Waals surface area contributed by atoms with Gasteiger partial charge < -0.3 is 19.6 Å². The Hall–Kier alpha value is -1.64. The molecule has 7 nitrogen and oxygen atoms in total. The summed E-state index contributed by atoms with van der Waals surface area (Å²) in [6.07, 6.45) is 5.81. The summed E-state index contributed by atoms with van der Waals surface area (Å²) in [5, 5.41) is 9.84. The minimum absolute atomic E-state index is 0.0914. The SMILES string of the molecule is O=c1[nH]cc(O)c2c(=O)n(CCCCOC3CCCCO3)sc12. The summed E-state index contributed by atoms with van der Waals surface area (Å²) in [5.41, 5.74) is -0.665. The zero-order valence-electron chi connectivity index (χ0n) is 12.7. The van der Waals surface area contributed by atoms with E-state index in [1.165, 1.54) is 3.96 Å². The number of aromatic nitrogens is 2. The van der Waals surface area contributed by atoms with Crippen LogP contribution in [0.1, 0.15) is 32.1 Å². The second kappa shape index (κ2) is 7.29. The molecule has 3 heterocycles. The van der Waals surface area contributed by atoms with Crippen LogP contribution in [0.4, 0.5) is 0 Å². The maximum atomic E-state index is 12.2. The Labute approximate surface area is 136 Å². The topological polar surface area (TPSA) is 93.6 Å². The molecule has 1 atom stereocenters. The molecule has 0 saturated carbocycles. The second-order valence-electron chi connectivity index (χ2n) is 5.58. The van der Waals surface area contributed by atoms with E-state index >= 15 is 0 Å². The fourth-order valence-corrected chi connectivity index (χ4v) is 3.67. The Bertz CT molecular complexity index is 772. The van der Waals surface area contributed by atoms with E-state index in [1.807, 2.05) is 0 Å². The van der Waals surface area contributed by atoms with Crippen molar-refractivity contribution in [2.75, 3.05) is 13.2 Å². The van der Waals surface area contributed by atoms with E-state index in [9.17, 15) is 14.7 Å². The summed E-state index contributed by atoms with van der Waals surface area (Å²) in [4.78, 5) is 26.3. The van der Waals surface area contributed by atoms with Gasteiger partial charge in [0.25, 0.3) is 11.1 Å². The van der Waals surface area contributed by atoms with Gasteiger partial charge in [-0.15, -0.1) is 0 Å². The van der Waals surface area contributed by atoms with Crippen LogP contribution < -0.4 is 11.1 Å². The first-order valence-corrected chi connectivity index (χ1v) is 8.62. The van der Waals surface area contributed by atoms with Crippen LogP contribution in [0.5, 0.6) is 5.75 Å². The van der Waals surface area contributed by atoms with Crippen molar-refractivity contribution in [3.05, 3.63) is 26.9 Å². The van der Waals surface area contributed by atoms with Gasteiger partial charge in [0.2, 0.25) is 0 Å². The number of hydrogen-bond donors (Lipinski definition) is 2. The number of aromatic amines is 1. The molecule has 0 spiro atoms. The Balaban J connectivity index is 1.54. The molecule has 3 rings (SSSR count). The van der Waals surface area contributed by atoms with Crippen molar-refractivity contribution < 1.29 is 14.6 Å². The van der Waals surface area contributed by atoms with Crippen molar-refractivity contribution in [1.82, 2.24) is 8.94 Å². The molecule has 0 aromatic carbocycles. The number of nitrogens with zero attached hydrogens (tertiary/aromatic N) is 1. The molecular formula is C15H20N2O5S. The Kier molecular flexibility index (Phi) is 5.14. The summed E-state index contributed by atoms with van der Waals surface area (Å²) in [6, 6.07) is 0. The minimum atomic E-state index is -0.351. The van der Waals surface area contributed by atoms with E-state index in [4.69, 9.17) is 9.47 Å². The van der Waals surface area contributed by atoms with Crippen LogP contribution in [0.25, 0.3) is 10.1 Å². The van der Waals surface area contributed by atoms with Crippen molar-refractivity contribution >= 4 is 21.6 Å². The van der Waals surface area contributed by atoms with Gasteiger partial charge in [0.1, 0.15) is 15.8 Å². The number of aryl methyl sites for hydroxylation is 1. The summed E-state index contributed by atoms with van der Waals surface area (Å²) in [7, 11) is 0. The number of unbranched alkanes of at least 4 members (excludes halogenated alkanes) is 1. The second-order valence-corrected chi connectivity index (χ2v) is 6.61. The third kappa shape index (κ3) is 3.65. The van der Waals surface area contributed by atoms with Crippen molar-refractivity contribution in [2.45, 2.75) is 44.9 Å². The van der Waals surface area contributed by atoms with Gasteiger partial charge in [-0.05, 0) is 43.6 Å². The smallest absolute Gasteiger partial charge is 0.272 e. The lowest BCUT2D eigenvalue weighted by Gasteiger charge is -2.22. The first kappa shape index (κ1) is 16.2. The van der Waals surface area contributed by atoms with Gasteiger partial charge in [0.05, 0.1) is 0 Å². The zero-order chi connectivity index (χ0) is 16.2. The van der Waals surface area contributed by atoms with Crippen molar-refractivity contribution in [3.8, 4) is 5.75 Å². The van der Waals surface area contributed by atoms with Crippen LogP contribution in [0, 0.1) is 0 Å². The van der Waals surface area contributed by atoms with Crippen molar-refractivity contribution in [2.24, 2.45) is 0 Å². The van der Waals surface area contributed by atoms with Crippen molar-refractivity contribution in [1.29, 1.82) is 0 Å². The Morgan fingerprint density at radius 3 is 3.00 bits per heavy atom. The number of nitrogens with one attached hydrogen (secondary N) is 1. The molecule has 126 valence electrons. The number of fused-ring (bicyclic) bond motifs is 1. The number of rotatable bonds is 6. The molecular weight excluding hydrogens is 320 g/mol. The summed E-state index contributed by atoms with van der Waals surface area (Å²) in [5.74, 6) is -0.183. The molecule has 2 aromatic rings. The fraction of sp³-hybridized carbons (Fsp3) is 0.600. The van der Waals surface area contributed by atoms with Gasteiger partial charge >= 0.3 is 0 Å². The third-order valence-electron chi connectivity index (χ3n) is 3.87. The molecule has 1 fully saturated rings. The highest BCUT2D eigenvalue weighted by Crippen LogP contribution is 2.21. The van der Waals surface area contributed by atoms with Gasteiger partial charge in [0, 0.05) is 26.0 Å². The monoisotopic (exact) mass is 340 g/mol. The lowest BCUT2D eigenvalue weighted by atomic mass is 10.2. The predicted octanol–water partition coefficient (Wildman–Crippen LogP) is 1.78. The average molecular weight is 340 g/mol. The van der Waals surface area contributed by atoms with Gasteiger partial charge in [-0.25, -0.2) is 0 Å². The highest BCUT2D eigenvalue weighted by molar-refractivity contribution is 7.13. The lowest BCUT2D eigenvalue weighted by molar-refractivity contribution is -0.162. The maximum Gasteiger partial charge on any atom is 0.272 e. The molecule has 8 heteroatoms. The maximum absolute atomic E-state index is 12.2. The van der Waals surface area contributed by atoms with E-state index in [0.29, 0.717) is 13.2 Å². The number of pyridine rings is 1. The van der Waals surface area contributed by atoms with Crippen LogP contribution in [0.15, 0.2) is 15.8 Å². The Morgan fingerprint density at radius 1 is 1.39 bits per heavy atom. The number of H-pyrrole nitrogens is 1. The van der Waals surface area contributed by atoms with E-state index in [2.05, 4.69) is 4.98 Å². The molecule has 0 aliphatic carbocycles. The van der Waals surface area contributed by atoms with Crippen molar-refractivity contribution in [3.63, 3.8) is 0 Å². The Morgan fingerprint density at radius 2 is 2.26 bits per heavy atom. The van der Waals surface area contributed by atoms with E-state index in [1.54, 1.807) is 0 Å². The van der Waals surface area contributed by atoms with Crippen LogP contribution in [-0.2, 0) is 16.0 Å². The number of ether oxygens (including phenoxy) is 2. The summed E-state index contributed by atoms with van der Waals surface area (Å²) in [6.45, 7) is 1.86. The average Bonchev–Trinajstić information content (AvgIpc) is 2.90. The number of hydrogen-bond acceptors (Lipinski definition) is 6. The van der Waals surface area contributed by atoms with E-state index < -0.39 is 0 Å². The molecule has 2 aromatic heterocycles. The third-order valence-corrected chi connectivity index (χ3v) is 5.01. The molecule has 0 bridgehead atoms. The van der Waals surface area contributed by atoms with Gasteiger partial charge in [-0.1, -0.05) is 0 Å². The standard InChI is InChI=1S/C15H20N2O5S/c18-10-9-16-14(19)13-12(10)15(20)17(23-13)6-2-4-8-22-11-5-1-3-7-21-11/h9,11,18H,1-8H2,(H,16,19). The quantitative estimate of drug-likeness (QED) is 0.782. The van der Waals surface area contributed by atoms with E-state index in [-0.39, 0.29) is 33.2 Å². The first-order chi connectivity index (χ1) is 11.2. The molecule has 0 radical (unpaired) electrons. The molecule has 1 aliphatic heterocycles. The normalized spacial score (nSPS) is 18.5. The van der Waals surface area contributed by atoms with Gasteiger partial charge in [-0.3, -0.25) is 13.5 Å². The first-order valence-electron chi connectivity index (χ1n) is 7.84. The molecule has 0 amide bonds. The summed E-state index contributed by atoms with van der Waals surface area (Å²) >= 11 is 1.09. The fourth-order valence-electron chi connectivity index (χ4n) is 2.63. The molecule has 1 unspecified atom stereocenters. The van der Waals surface area contributed by atoms with Crippen LogP contribution in [0.2, 0.25) is 0 Å². The molecule has 1 aliphatic rings. The van der Waals surface area contributed by atoms with Gasteiger partial charge in [-0.2, -0.15) is 0 Å². The molecule has 2 N–H and O–H groups in total. The van der Waals surface area contributed by atoms with Crippen LogP contribution in [-0.4, -0.2) is 33.6 Å². The lowest BCUT2D eigenvalue weighted by Crippen LogP contribution is -2.22. The van der Waals surface area contributed by atoms with E-state index in [0.717, 1.165) is 56.4 Å². The van der Waals surface area contributed by atoms with Gasteiger partial charge in [0.15, 0.2) is 6.29 Å². The highest BCUT2D eigenvalue weighted by Gasteiger charge is 2.15. The predicted molar refractivity (Wildman–Crippen MR) is 87.1 cm³/mol. The largest absolute Gasteiger partial charge is 0.506 e. The number of aromatic hydroxyl groups is 1.